The zero-order valence-electron chi connectivity index (χ0n) is 25.2. The molecule has 2 saturated heterocycles. The Morgan fingerprint density at radius 2 is 1.52 bits per heavy atom. The minimum Gasteiger partial charge on any atom is -0.396 e. The summed E-state index contributed by atoms with van der Waals surface area (Å²) in [5.74, 6) is -1.82. The molecule has 8 nitrogen and oxygen atoms in total. The van der Waals surface area contributed by atoms with Crippen molar-refractivity contribution in [1.82, 2.24) is 14.7 Å². The second-order valence-electron chi connectivity index (χ2n) is 12.3. The fraction of sp³-hybridized carbons (Fsp3) is 0.618. The third-order valence-corrected chi connectivity index (χ3v) is 9.66. The maximum absolute atomic E-state index is 14.5. The number of nitrogens with zero attached hydrogens (tertiary/aromatic N) is 3. The number of unbranched alkanes of at least 4 members (excludes halogenated alkanes) is 5. The molecular weight excluding hydrogens is 530 g/mol. The minimum atomic E-state index is -1.20. The van der Waals surface area contributed by atoms with Crippen LogP contribution >= 0.6 is 0 Å². The first-order valence-corrected chi connectivity index (χ1v) is 16.0. The molecule has 2 fully saturated rings. The van der Waals surface area contributed by atoms with Crippen molar-refractivity contribution in [1.29, 1.82) is 0 Å². The highest BCUT2D eigenvalue weighted by Crippen LogP contribution is 2.58. The van der Waals surface area contributed by atoms with Gasteiger partial charge >= 0.3 is 0 Å². The average Bonchev–Trinajstić information content (AvgIpc) is 3.29. The van der Waals surface area contributed by atoms with E-state index in [1.54, 1.807) is 4.90 Å². The summed E-state index contributed by atoms with van der Waals surface area (Å²) in [7, 11) is 0. The van der Waals surface area contributed by atoms with Gasteiger partial charge in [0.15, 0.2) is 0 Å². The van der Waals surface area contributed by atoms with Crippen LogP contribution in [-0.4, -0.2) is 87.6 Å². The molecule has 5 rings (SSSR count). The van der Waals surface area contributed by atoms with E-state index in [0.717, 1.165) is 50.5 Å². The van der Waals surface area contributed by atoms with Crippen molar-refractivity contribution in [3.8, 4) is 0 Å². The monoisotopic (exact) mass is 577 g/mol. The van der Waals surface area contributed by atoms with Crippen LogP contribution < -0.4 is 0 Å². The van der Waals surface area contributed by atoms with Crippen molar-refractivity contribution in [2.45, 2.75) is 89.0 Å². The number of amides is 3. The molecule has 1 aromatic rings. The van der Waals surface area contributed by atoms with Gasteiger partial charge in [-0.2, -0.15) is 0 Å². The van der Waals surface area contributed by atoms with Crippen LogP contribution in [0.2, 0.25) is 0 Å². The fourth-order valence-electron chi connectivity index (χ4n) is 7.54. The predicted molar refractivity (Wildman–Crippen MR) is 161 cm³/mol. The van der Waals surface area contributed by atoms with Crippen molar-refractivity contribution in [2.75, 3.05) is 32.8 Å². The van der Waals surface area contributed by atoms with Crippen LogP contribution in [0.1, 0.15) is 70.8 Å². The first-order valence-electron chi connectivity index (χ1n) is 16.0. The van der Waals surface area contributed by atoms with Crippen molar-refractivity contribution in [3.05, 3.63) is 60.2 Å². The number of carbonyl (C=O) groups excluding carboxylic acids is 3. The number of likely N-dealkylation sites (tertiary alicyclic amines) is 1. The van der Waals surface area contributed by atoms with Gasteiger partial charge in [-0.05, 0) is 31.2 Å². The summed E-state index contributed by atoms with van der Waals surface area (Å²) < 4.78 is 7.07. The highest BCUT2D eigenvalue weighted by Gasteiger charge is 2.75. The number of hydrogen-bond donors (Lipinski definition) is 1. The number of carbonyl (C=O) groups is 3. The molecule has 0 aromatic heterocycles. The summed E-state index contributed by atoms with van der Waals surface area (Å²) >= 11 is 0. The van der Waals surface area contributed by atoms with Gasteiger partial charge < -0.3 is 24.5 Å². The molecule has 8 heteroatoms. The number of hydrogen-bond acceptors (Lipinski definition) is 5. The van der Waals surface area contributed by atoms with E-state index in [-0.39, 0.29) is 24.3 Å². The van der Waals surface area contributed by atoms with E-state index < -0.39 is 29.1 Å². The molecular formula is C34H47N3O5. The van der Waals surface area contributed by atoms with Gasteiger partial charge in [-0.25, -0.2) is 0 Å². The number of aliphatic hydroxyl groups is 1. The van der Waals surface area contributed by atoms with E-state index >= 15 is 0 Å². The van der Waals surface area contributed by atoms with Gasteiger partial charge in [-0.1, -0.05) is 94.2 Å². The van der Waals surface area contributed by atoms with E-state index in [1.807, 2.05) is 71.4 Å². The Morgan fingerprint density at radius 3 is 2.26 bits per heavy atom. The molecule has 1 aromatic carbocycles. The van der Waals surface area contributed by atoms with E-state index in [9.17, 15) is 19.5 Å². The molecule has 0 aliphatic carbocycles. The molecule has 4 aliphatic rings. The average molecular weight is 578 g/mol. The fourth-order valence-corrected chi connectivity index (χ4v) is 7.54. The summed E-state index contributed by atoms with van der Waals surface area (Å²) in [6, 6.07) is 9.12. The van der Waals surface area contributed by atoms with Gasteiger partial charge in [-0.3, -0.25) is 14.4 Å². The van der Waals surface area contributed by atoms with Crippen LogP contribution in [0.25, 0.3) is 0 Å². The number of rotatable bonds is 13. The molecule has 3 amide bonds. The molecule has 1 unspecified atom stereocenters. The van der Waals surface area contributed by atoms with Crippen molar-refractivity contribution in [2.24, 2.45) is 11.8 Å². The molecule has 42 heavy (non-hydrogen) atoms. The quantitative estimate of drug-likeness (QED) is 0.282. The topological polar surface area (TPSA) is 90.4 Å². The summed E-state index contributed by atoms with van der Waals surface area (Å²) in [6.07, 6.45) is 14.6. The first kappa shape index (κ1) is 30.5. The summed E-state index contributed by atoms with van der Waals surface area (Å²) in [6.45, 7) is 6.74. The molecule has 0 bridgehead atoms. The van der Waals surface area contributed by atoms with E-state index in [2.05, 4.69) is 6.92 Å². The standard InChI is InChI=1S/C34H47N3O5/c1-3-5-11-20-35-21-15-19-34-28(31(40)37(29(34)32(35)41)23-12-6-7-13-24-38)27-30(39)36(25-26-16-9-8-10-17-26)22-14-18-33(27,4-2)42-34/h8-10,14-19,27-29,38H,3-7,11-13,20-25H2,1-2H3/t27-,28+,29?,33+,34+/m1/s1. The first-order chi connectivity index (χ1) is 20.4. The molecule has 4 aliphatic heterocycles. The van der Waals surface area contributed by atoms with Crippen LogP contribution in [0.5, 0.6) is 0 Å². The van der Waals surface area contributed by atoms with Crippen LogP contribution in [0, 0.1) is 11.8 Å². The maximum atomic E-state index is 14.5. The lowest BCUT2D eigenvalue weighted by atomic mass is 9.73. The Kier molecular flexibility index (Phi) is 9.53. The van der Waals surface area contributed by atoms with Crippen LogP contribution in [0.3, 0.4) is 0 Å². The van der Waals surface area contributed by atoms with Gasteiger partial charge in [0.2, 0.25) is 17.7 Å². The highest BCUT2D eigenvalue weighted by atomic mass is 16.5. The van der Waals surface area contributed by atoms with Gasteiger partial charge in [0.1, 0.15) is 11.6 Å². The second kappa shape index (κ2) is 13.1. The third kappa shape index (κ3) is 5.44. The predicted octanol–water partition coefficient (Wildman–Crippen LogP) is 4.09. The lowest BCUT2D eigenvalue weighted by molar-refractivity contribution is -0.154. The molecule has 1 N–H and O–H groups in total. The van der Waals surface area contributed by atoms with Gasteiger partial charge in [0.25, 0.3) is 0 Å². The number of benzene rings is 1. The van der Waals surface area contributed by atoms with Crippen LogP contribution in [0.15, 0.2) is 54.6 Å². The minimum absolute atomic E-state index is 0.0809. The Labute approximate surface area is 250 Å². The molecule has 5 atom stereocenters. The van der Waals surface area contributed by atoms with Crippen molar-refractivity contribution < 1.29 is 24.2 Å². The molecule has 1 spiro atoms. The smallest absolute Gasteiger partial charge is 0.249 e. The summed E-state index contributed by atoms with van der Waals surface area (Å²) in [5.41, 5.74) is -1.13. The number of aliphatic hydroxyl groups excluding tert-OH is 1. The molecule has 228 valence electrons. The largest absolute Gasteiger partial charge is 0.396 e. The van der Waals surface area contributed by atoms with E-state index in [4.69, 9.17) is 4.74 Å². The Morgan fingerprint density at radius 1 is 0.810 bits per heavy atom. The Balaban J connectivity index is 1.52. The third-order valence-electron chi connectivity index (χ3n) is 9.66. The molecule has 0 saturated carbocycles. The highest BCUT2D eigenvalue weighted by molar-refractivity contribution is 6.00. The second-order valence-corrected chi connectivity index (χ2v) is 12.3. The van der Waals surface area contributed by atoms with E-state index in [1.165, 1.54) is 0 Å². The zero-order chi connectivity index (χ0) is 29.7. The van der Waals surface area contributed by atoms with Crippen molar-refractivity contribution >= 4 is 17.7 Å². The maximum Gasteiger partial charge on any atom is 0.249 e. The Hall–Kier alpha value is -2.97. The SMILES string of the molecule is CCCCCN1CC=C[C@]23O[C@@]4(CC)C=CCN(Cc5ccccc5)C(=O)[C@H]4[C@H]2C(=O)N(CCCCCCO)C3C1=O. The summed E-state index contributed by atoms with van der Waals surface area (Å²) in [4.78, 5) is 48.8. The lowest BCUT2D eigenvalue weighted by Crippen LogP contribution is -2.56. The number of ether oxygens (including phenoxy) is 1. The van der Waals surface area contributed by atoms with Crippen LogP contribution in [0.4, 0.5) is 0 Å². The van der Waals surface area contributed by atoms with Gasteiger partial charge in [0.05, 0.1) is 17.4 Å². The van der Waals surface area contributed by atoms with Crippen molar-refractivity contribution in [3.63, 3.8) is 0 Å². The zero-order valence-corrected chi connectivity index (χ0v) is 25.2. The Bertz CT molecular complexity index is 1180. The lowest BCUT2D eigenvalue weighted by Gasteiger charge is -2.38. The molecule has 0 radical (unpaired) electrons. The normalized spacial score (nSPS) is 30.4. The van der Waals surface area contributed by atoms with Gasteiger partial charge in [0, 0.05) is 39.3 Å². The van der Waals surface area contributed by atoms with Crippen LogP contribution in [-0.2, 0) is 25.7 Å². The summed E-state index contributed by atoms with van der Waals surface area (Å²) in [5, 5.41) is 9.21. The molecule has 4 heterocycles. The van der Waals surface area contributed by atoms with E-state index in [0.29, 0.717) is 39.1 Å². The van der Waals surface area contributed by atoms with Gasteiger partial charge in [-0.15, -0.1) is 0 Å². The number of fused-ring (bicyclic) bond motifs is 2.